The Hall–Kier alpha value is -2.56. The Morgan fingerprint density at radius 2 is 1.70 bits per heavy atom. The highest BCUT2D eigenvalue weighted by molar-refractivity contribution is 6.42. The van der Waals surface area contributed by atoms with Gasteiger partial charge in [0.25, 0.3) is 11.7 Å². The van der Waals surface area contributed by atoms with E-state index in [1.165, 1.54) is 0 Å². The molecule has 0 unspecified atom stereocenters. The van der Waals surface area contributed by atoms with Crippen LogP contribution in [0.3, 0.4) is 0 Å². The fraction of sp³-hybridized carbons (Fsp3) is 0.0667. The summed E-state index contributed by atoms with van der Waals surface area (Å²) in [7, 11) is 0. The van der Waals surface area contributed by atoms with E-state index in [9.17, 15) is 18.4 Å². The number of hydrogen-bond acceptors (Lipinski definition) is 2. The molecule has 5 heteroatoms. The van der Waals surface area contributed by atoms with Crippen LogP contribution in [0.1, 0.15) is 15.9 Å². The van der Waals surface area contributed by atoms with E-state index in [0.29, 0.717) is 6.07 Å². The molecule has 0 spiro atoms. The zero-order valence-corrected chi connectivity index (χ0v) is 10.4. The summed E-state index contributed by atoms with van der Waals surface area (Å²) in [4.78, 5) is 23.4. The highest BCUT2D eigenvalue weighted by Crippen LogP contribution is 2.10. The molecule has 0 saturated carbocycles. The summed E-state index contributed by atoms with van der Waals surface area (Å²) >= 11 is 0. The SMILES string of the molecule is O=C(NCc1ccccc1)C(=O)c1cc(F)ccc1F. The Kier molecular flexibility index (Phi) is 4.20. The Bertz CT molecular complexity index is 642. The van der Waals surface area contributed by atoms with Crippen molar-refractivity contribution < 1.29 is 18.4 Å². The van der Waals surface area contributed by atoms with Crippen LogP contribution in [0.2, 0.25) is 0 Å². The molecule has 0 bridgehead atoms. The van der Waals surface area contributed by atoms with E-state index in [1.807, 2.05) is 6.07 Å². The van der Waals surface area contributed by atoms with Gasteiger partial charge in [0.2, 0.25) is 0 Å². The van der Waals surface area contributed by atoms with Gasteiger partial charge < -0.3 is 5.32 Å². The third kappa shape index (κ3) is 3.26. The smallest absolute Gasteiger partial charge is 0.292 e. The van der Waals surface area contributed by atoms with Crippen LogP contribution in [0.4, 0.5) is 8.78 Å². The van der Waals surface area contributed by atoms with Crippen molar-refractivity contribution in [3.05, 3.63) is 71.3 Å². The maximum atomic E-state index is 13.4. The summed E-state index contributed by atoms with van der Waals surface area (Å²) < 4.78 is 26.3. The Balaban J connectivity index is 2.06. The van der Waals surface area contributed by atoms with Crippen molar-refractivity contribution in [2.45, 2.75) is 6.54 Å². The van der Waals surface area contributed by atoms with Gasteiger partial charge in [0.15, 0.2) is 0 Å². The van der Waals surface area contributed by atoms with Gasteiger partial charge in [-0.1, -0.05) is 30.3 Å². The van der Waals surface area contributed by atoms with Gasteiger partial charge in [-0.3, -0.25) is 9.59 Å². The van der Waals surface area contributed by atoms with Crippen LogP contribution < -0.4 is 5.32 Å². The van der Waals surface area contributed by atoms with E-state index >= 15 is 0 Å². The Morgan fingerprint density at radius 1 is 1.00 bits per heavy atom. The third-order valence-electron chi connectivity index (χ3n) is 2.68. The molecule has 0 fully saturated rings. The molecule has 1 N–H and O–H groups in total. The summed E-state index contributed by atoms with van der Waals surface area (Å²) in [5.74, 6) is -3.77. The van der Waals surface area contributed by atoms with Crippen molar-refractivity contribution in [1.29, 1.82) is 0 Å². The largest absolute Gasteiger partial charge is 0.345 e. The molecule has 3 nitrogen and oxygen atoms in total. The lowest BCUT2D eigenvalue weighted by Gasteiger charge is -2.05. The standard InChI is InChI=1S/C15H11F2NO2/c16-11-6-7-13(17)12(8-11)14(19)15(20)18-9-10-4-2-1-3-5-10/h1-8H,9H2,(H,18,20). The Labute approximate surface area is 114 Å². The van der Waals surface area contributed by atoms with E-state index in [0.717, 1.165) is 17.7 Å². The molecule has 0 heterocycles. The number of Topliss-reactive ketones (excluding diaryl/α,β-unsaturated/α-hetero) is 1. The average Bonchev–Trinajstić information content (AvgIpc) is 2.47. The van der Waals surface area contributed by atoms with E-state index < -0.39 is 28.9 Å². The number of halogens is 2. The molecule has 0 radical (unpaired) electrons. The number of ketones is 1. The van der Waals surface area contributed by atoms with Crippen molar-refractivity contribution in [2.75, 3.05) is 0 Å². The summed E-state index contributed by atoms with van der Waals surface area (Å²) in [6.07, 6.45) is 0. The van der Waals surface area contributed by atoms with Crippen molar-refractivity contribution in [2.24, 2.45) is 0 Å². The first-order valence-corrected chi connectivity index (χ1v) is 5.89. The quantitative estimate of drug-likeness (QED) is 0.688. The third-order valence-corrected chi connectivity index (χ3v) is 2.68. The number of rotatable bonds is 4. The zero-order chi connectivity index (χ0) is 14.5. The van der Waals surface area contributed by atoms with Crippen LogP contribution in [0.25, 0.3) is 0 Å². The summed E-state index contributed by atoms with van der Waals surface area (Å²) in [5.41, 5.74) is 0.226. The molecule has 102 valence electrons. The molecular weight excluding hydrogens is 264 g/mol. The lowest BCUT2D eigenvalue weighted by molar-refractivity contribution is -0.117. The van der Waals surface area contributed by atoms with Crippen LogP contribution in [0, 0.1) is 11.6 Å². The lowest BCUT2D eigenvalue weighted by atomic mass is 10.1. The first-order chi connectivity index (χ1) is 9.58. The first kappa shape index (κ1) is 13.9. The summed E-state index contributed by atoms with van der Waals surface area (Å²) in [6.45, 7) is 0.141. The zero-order valence-electron chi connectivity index (χ0n) is 10.4. The fourth-order valence-electron chi connectivity index (χ4n) is 1.65. The molecular formula is C15H11F2NO2. The van der Waals surface area contributed by atoms with Crippen molar-refractivity contribution in [1.82, 2.24) is 5.32 Å². The number of carbonyl (C=O) groups is 2. The second-order valence-electron chi connectivity index (χ2n) is 4.12. The predicted molar refractivity (Wildman–Crippen MR) is 69.0 cm³/mol. The number of benzene rings is 2. The van der Waals surface area contributed by atoms with Crippen LogP contribution in [0.15, 0.2) is 48.5 Å². The average molecular weight is 275 g/mol. The highest BCUT2D eigenvalue weighted by atomic mass is 19.1. The van der Waals surface area contributed by atoms with Crippen molar-refractivity contribution in [3.8, 4) is 0 Å². The first-order valence-electron chi connectivity index (χ1n) is 5.89. The van der Waals surface area contributed by atoms with Gasteiger partial charge in [-0.25, -0.2) is 8.78 Å². The van der Waals surface area contributed by atoms with Crippen LogP contribution in [-0.2, 0) is 11.3 Å². The number of hydrogen-bond donors (Lipinski definition) is 1. The number of amides is 1. The number of carbonyl (C=O) groups excluding carboxylic acids is 2. The molecule has 20 heavy (non-hydrogen) atoms. The molecule has 0 saturated heterocycles. The van der Waals surface area contributed by atoms with E-state index in [2.05, 4.69) is 5.32 Å². The van der Waals surface area contributed by atoms with Gasteiger partial charge in [0.05, 0.1) is 5.56 Å². The molecule has 1 amide bonds. The molecule has 2 rings (SSSR count). The topological polar surface area (TPSA) is 46.2 Å². The van der Waals surface area contributed by atoms with Crippen molar-refractivity contribution >= 4 is 11.7 Å². The predicted octanol–water partition coefficient (Wildman–Crippen LogP) is 2.46. The van der Waals surface area contributed by atoms with Crippen LogP contribution in [-0.4, -0.2) is 11.7 Å². The number of nitrogens with one attached hydrogen (secondary N) is 1. The van der Waals surface area contributed by atoms with E-state index in [4.69, 9.17) is 0 Å². The second-order valence-corrected chi connectivity index (χ2v) is 4.12. The molecule has 2 aromatic rings. The maximum absolute atomic E-state index is 13.4. The Morgan fingerprint density at radius 3 is 2.40 bits per heavy atom. The van der Waals surface area contributed by atoms with Gasteiger partial charge >= 0.3 is 0 Å². The van der Waals surface area contributed by atoms with Gasteiger partial charge in [-0.2, -0.15) is 0 Å². The minimum Gasteiger partial charge on any atom is -0.345 e. The van der Waals surface area contributed by atoms with Crippen LogP contribution >= 0.6 is 0 Å². The van der Waals surface area contributed by atoms with Gasteiger partial charge in [-0.15, -0.1) is 0 Å². The molecule has 0 aromatic heterocycles. The maximum Gasteiger partial charge on any atom is 0.292 e. The highest BCUT2D eigenvalue weighted by Gasteiger charge is 2.20. The normalized spacial score (nSPS) is 10.1. The molecule has 0 aliphatic carbocycles. The molecule has 0 aliphatic rings. The minimum atomic E-state index is -1.10. The lowest BCUT2D eigenvalue weighted by Crippen LogP contribution is -2.31. The minimum absolute atomic E-state index is 0.141. The molecule has 2 aromatic carbocycles. The second kappa shape index (κ2) is 6.06. The van der Waals surface area contributed by atoms with Crippen molar-refractivity contribution in [3.63, 3.8) is 0 Å². The van der Waals surface area contributed by atoms with Gasteiger partial charge in [0, 0.05) is 6.54 Å². The molecule has 0 aliphatic heterocycles. The van der Waals surface area contributed by atoms with Crippen LogP contribution in [0.5, 0.6) is 0 Å². The summed E-state index contributed by atoms with van der Waals surface area (Å²) in [6, 6.07) is 11.3. The van der Waals surface area contributed by atoms with E-state index in [-0.39, 0.29) is 6.54 Å². The fourth-order valence-corrected chi connectivity index (χ4v) is 1.65. The monoisotopic (exact) mass is 275 g/mol. The summed E-state index contributed by atoms with van der Waals surface area (Å²) in [5, 5.41) is 2.37. The van der Waals surface area contributed by atoms with Gasteiger partial charge in [0.1, 0.15) is 11.6 Å². The molecule has 0 atom stereocenters. The van der Waals surface area contributed by atoms with Gasteiger partial charge in [-0.05, 0) is 23.8 Å². The van der Waals surface area contributed by atoms with E-state index in [1.54, 1.807) is 24.3 Å².